The average Bonchev–Trinajstić information content (AvgIpc) is 2.44. The number of carbonyl (C=O) groups excluding carboxylic acids is 1. The quantitative estimate of drug-likeness (QED) is 0.901. The second-order valence-corrected chi connectivity index (χ2v) is 4.54. The first kappa shape index (κ1) is 13.9. The van der Waals surface area contributed by atoms with Crippen molar-refractivity contribution in [1.29, 1.82) is 0 Å². The molecule has 2 rings (SSSR count). The number of para-hydroxylation sites is 1. The SMILES string of the molecule is CCN(C(=O)c1ccccc1O)c1cc(O)ccc1C. The summed E-state index contributed by atoms with van der Waals surface area (Å²) in [5.41, 5.74) is 1.77. The van der Waals surface area contributed by atoms with Gasteiger partial charge in [-0.25, -0.2) is 0 Å². The number of hydrogen-bond acceptors (Lipinski definition) is 3. The Labute approximate surface area is 117 Å². The number of rotatable bonds is 3. The van der Waals surface area contributed by atoms with Gasteiger partial charge in [-0.15, -0.1) is 0 Å². The van der Waals surface area contributed by atoms with E-state index in [4.69, 9.17) is 0 Å². The highest BCUT2D eigenvalue weighted by atomic mass is 16.3. The van der Waals surface area contributed by atoms with E-state index in [1.165, 1.54) is 11.0 Å². The van der Waals surface area contributed by atoms with Crippen LogP contribution in [0, 0.1) is 6.92 Å². The van der Waals surface area contributed by atoms with E-state index >= 15 is 0 Å². The molecule has 104 valence electrons. The highest BCUT2D eigenvalue weighted by molar-refractivity contribution is 6.08. The van der Waals surface area contributed by atoms with Crippen molar-refractivity contribution in [2.45, 2.75) is 13.8 Å². The molecule has 0 radical (unpaired) electrons. The maximum Gasteiger partial charge on any atom is 0.262 e. The van der Waals surface area contributed by atoms with E-state index in [-0.39, 0.29) is 23.0 Å². The van der Waals surface area contributed by atoms with E-state index in [0.717, 1.165) is 5.56 Å². The second kappa shape index (κ2) is 5.65. The monoisotopic (exact) mass is 271 g/mol. The molecule has 0 atom stereocenters. The predicted molar refractivity (Wildman–Crippen MR) is 78.3 cm³/mol. The van der Waals surface area contributed by atoms with Gasteiger partial charge in [0.1, 0.15) is 11.5 Å². The number of amides is 1. The Morgan fingerprint density at radius 3 is 2.50 bits per heavy atom. The summed E-state index contributed by atoms with van der Waals surface area (Å²) in [4.78, 5) is 14.1. The minimum absolute atomic E-state index is 0.0474. The predicted octanol–water partition coefficient (Wildman–Crippen LogP) is 3.07. The van der Waals surface area contributed by atoms with Crippen molar-refractivity contribution in [2.24, 2.45) is 0 Å². The Bertz CT molecular complexity index is 637. The summed E-state index contributed by atoms with van der Waals surface area (Å²) in [5, 5.41) is 19.4. The van der Waals surface area contributed by atoms with Crippen LogP contribution in [-0.2, 0) is 0 Å². The number of anilines is 1. The van der Waals surface area contributed by atoms with Crippen LogP contribution in [0.15, 0.2) is 42.5 Å². The zero-order valence-corrected chi connectivity index (χ0v) is 11.5. The van der Waals surface area contributed by atoms with Crippen molar-refractivity contribution in [2.75, 3.05) is 11.4 Å². The van der Waals surface area contributed by atoms with Crippen LogP contribution in [0.1, 0.15) is 22.8 Å². The van der Waals surface area contributed by atoms with Gasteiger partial charge in [0.2, 0.25) is 0 Å². The molecule has 0 heterocycles. The highest BCUT2D eigenvalue weighted by Crippen LogP contribution is 2.28. The molecule has 2 aromatic rings. The van der Waals surface area contributed by atoms with Crippen molar-refractivity contribution in [3.8, 4) is 11.5 Å². The third-order valence-electron chi connectivity index (χ3n) is 3.18. The number of aryl methyl sites for hydroxylation is 1. The van der Waals surface area contributed by atoms with Crippen LogP contribution in [0.2, 0.25) is 0 Å². The highest BCUT2D eigenvalue weighted by Gasteiger charge is 2.20. The molecular weight excluding hydrogens is 254 g/mol. The summed E-state index contributed by atoms with van der Waals surface area (Å²) in [5.74, 6) is -0.234. The second-order valence-electron chi connectivity index (χ2n) is 4.54. The Balaban J connectivity index is 2.45. The first-order chi connectivity index (χ1) is 9.54. The van der Waals surface area contributed by atoms with E-state index in [1.807, 2.05) is 13.8 Å². The summed E-state index contributed by atoms with van der Waals surface area (Å²) in [7, 11) is 0. The lowest BCUT2D eigenvalue weighted by molar-refractivity contribution is 0.0985. The van der Waals surface area contributed by atoms with Crippen molar-refractivity contribution >= 4 is 11.6 Å². The summed E-state index contributed by atoms with van der Waals surface area (Å²) in [6, 6.07) is 11.3. The number of aromatic hydroxyl groups is 2. The van der Waals surface area contributed by atoms with Gasteiger partial charge in [0.15, 0.2) is 0 Å². The minimum atomic E-state index is -0.292. The van der Waals surface area contributed by atoms with E-state index in [9.17, 15) is 15.0 Å². The normalized spacial score (nSPS) is 10.3. The lowest BCUT2D eigenvalue weighted by atomic mass is 10.1. The van der Waals surface area contributed by atoms with Crippen molar-refractivity contribution in [1.82, 2.24) is 0 Å². The van der Waals surface area contributed by atoms with Gasteiger partial charge < -0.3 is 15.1 Å². The maximum atomic E-state index is 12.5. The molecule has 1 amide bonds. The van der Waals surface area contributed by atoms with Gasteiger partial charge in [0.25, 0.3) is 5.91 Å². The summed E-state index contributed by atoms with van der Waals surface area (Å²) in [6.45, 7) is 4.16. The lowest BCUT2D eigenvalue weighted by Crippen LogP contribution is -2.31. The number of hydrogen-bond donors (Lipinski definition) is 2. The number of phenols is 2. The molecule has 0 spiro atoms. The molecule has 0 saturated carbocycles. The van der Waals surface area contributed by atoms with E-state index in [2.05, 4.69) is 0 Å². The Hall–Kier alpha value is -2.49. The molecule has 20 heavy (non-hydrogen) atoms. The summed E-state index contributed by atoms with van der Waals surface area (Å²) < 4.78 is 0. The molecule has 0 aliphatic rings. The Morgan fingerprint density at radius 2 is 1.85 bits per heavy atom. The van der Waals surface area contributed by atoms with Gasteiger partial charge in [-0.1, -0.05) is 18.2 Å². The van der Waals surface area contributed by atoms with Gasteiger partial charge in [-0.3, -0.25) is 4.79 Å². The zero-order chi connectivity index (χ0) is 14.7. The first-order valence-corrected chi connectivity index (χ1v) is 6.44. The number of phenolic OH excluding ortho intramolecular Hbond substituents is 2. The molecule has 0 saturated heterocycles. The molecule has 0 aliphatic carbocycles. The molecule has 4 heteroatoms. The zero-order valence-electron chi connectivity index (χ0n) is 11.5. The van der Waals surface area contributed by atoms with Crippen LogP contribution in [0.3, 0.4) is 0 Å². The third kappa shape index (κ3) is 2.59. The number of benzene rings is 2. The van der Waals surface area contributed by atoms with Crippen molar-refractivity contribution < 1.29 is 15.0 Å². The van der Waals surface area contributed by atoms with Crippen molar-refractivity contribution in [3.05, 3.63) is 53.6 Å². The van der Waals surface area contributed by atoms with Gasteiger partial charge in [-0.05, 0) is 37.6 Å². The van der Waals surface area contributed by atoms with Crippen LogP contribution in [0.4, 0.5) is 5.69 Å². The molecule has 4 nitrogen and oxygen atoms in total. The van der Waals surface area contributed by atoms with E-state index in [0.29, 0.717) is 12.2 Å². The molecule has 0 unspecified atom stereocenters. The first-order valence-electron chi connectivity index (χ1n) is 6.44. The topological polar surface area (TPSA) is 60.8 Å². The summed E-state index contributed by atoms with van der Waals surface area (Å²) >= 11 is 0. The number of nitrogens with zero attached hydrogens (tertiary/aromatic N) is 1. The van der Waals surface area contributed by atoms with E-state index < -0.39 is 0 Å². The van der Waals surface area contributed by atoms with Gasteiger partial charge in [0, 0.05) is 12.6 Å². The van der Waals surface area contributed by atoms with Gasteiger partial charge in [0.05, 0.1) is 11.3 Å². The number of carbonyl (C=O) groups is 1. The van der Waals surface area contributed by atoms with Crippen LogP contribution in [0.5, 0.6) is 11.5 Å². The third-order valence-corrected chi connectivity index (χ3v) is 3.18. The van der Waals surface area contributed by atoms with Crippen LogP contribution < -0.4 is 4.90 Å². The largest absolute Gasteiger partial charge is 0.508 e. The van der Waals surface area contributed by atoms with Crippen LogP contribution in [0.25, 0.3) is 0 Å². The van der Waals surface area contributed by atoms with Crippen LogP contribution >= 0.6 is 0 Å². The molecule has 0 aliphatic heterocycles. The van der Waals surface area contributed by atoms with E-state index in [1.54, 1.807) is 36.4 Å². The molecule has 0 bridgehead atoms. The Kier molecular flexibility index (Phi) is 3.94. The maximum absolute atomic E-state index is 12.5. The summed E-state index contributed by atoms with van der Waals surface area (Å²) in [6.07, 6.45) is 0. The van der Waals surface area contributed by atoms with Crippen molar-refractivity contribution in [3.63, 3.8) is 0 Å². The fourth-order valence-corrected chi connectivity index (χ4v) is 2.11. The smallest absolute Gasteiger partial charge is 0.262 e. The standard InChI is InChI=1S/C16H17NO3/c1-3-17(14-10-12(18)9-8-11(14)2)16(20)13-6-4-5-7-15(13)19/h4-10,18-19H,3H2,1-2H3. The average molecular weight is 271 g/mol. The Morgan fingerprint density at radius 1 is 1.15 bits per heavy atom. The minimum Gasteiger partial charge on any atom is -0.508 e. The molecular formula is C16H17NO3. The van der Waals surface area contributed by atoms with Crippen LogP contribution in [-0.4, -0.2) is 22.7 Å². The van der Waals surface area contributed by atoms with Gasteiger partial charge in [-0.2, -0.15) is 0 Å². The molecule has 2 N–H and O–H groups in total. The molecule has 0 aromatic heterocycles. The molecule has 2 aromatic carbocycles. The lowest BCUT2D eigenvalue weighted by Gasteiger charge is -2.23. The fourth-order valence-electron chi connectivity index (χ4n) is 2.11. The fraction of sp³-hybridized carbons (Fsp3) is 0.188. The van der Waals surface area contributed by atoms with Gasteiger partial charge >= 0.3 is 0 Å². The molecule has 0 fully saturated rings.